The zero-order valence-electron chi connectivity index (χ0n) is 18.2. The Balaban J connectivity index is 1.59. The minimum absolute atomic E-state index is 0.219. The lowest BCUT2D eigenvalue weighted by atomic mass is 9.91. The number of ether oxygens (including phenoxy) is 1. The van der Waals surface area contributed by atoms with Crippen LogP contribution in [0.25, 0.3) is 0 Å². The standard InChI is InChI=1S/C26H27BrN2O3/c1-3-18(2)21-14-15-23(22(27)16-21)32-17-24(30)28-29-26(31)25(19-10-6-4-7-11-19)20-12-8-5-9-13-20/h4-16,18,25H,3,17H2,1-2H3,(H,28,30)(H,29,31). The lowest BCUT2D eigenvalue weighted by Crippen LogP contribution is -2.46. The maximum atomic E-state index is 12.9. The maximum Gasteiger partial charge on any atom is 0.276 e. The summed E-state index contributed by atoms with van der Waals surface area (Å²) in [5, 5.41) is 0. The number of hydrogen-bond acceptors (Lipinski definition) is 3. The third kappa shape index (κ3) is 6.20. The highest BCUT2D eigenvalue weighted by atomic mass is 79.9. The first kappa shape index (κ1) is 23.5. The van der Waals surface area contributed by atoms with Crippen molar-refractivity contribution in [2.75, 3.05) is 6.61 Å². The van der Waals surface area contributed by atoms with Crippen LogP contribution >= 0.6 is 15.9 Å². The number of hydrogen-bond donors (Lipinski definition) is 2. The molecule has 0 aliphatic heterocycles. The zero-order valence-corrected chi connectivity index (χ0v) is 19.8. The molecule has 6 heteroatoms. The number of nitrogens with one attached hydrogen (secondary N) is 2. The molecule has 166 valence electrons. The van der Waals surface area contributed by atoms with E-state index in [-0.39, 0.29) is 12.5 Å². The highest BCUT2D eigenvalue weighted by Crippen LogP contribution is 2.30. The Kier molecular flexibility index (Phi) is 8.45. The van der Waals surface area contributed by atoms with Gasteiger partial charge >= 0.3 is 0 Å². The summed E-state index contributed by atoms with van der Waals surface area (Å²) in [5.41, 5.74) is 7.87. The van der Waals surface area contributed by atoms with Crippen LogP contribution in [-0.4, -0.2) is 18.4 Å². The quantitative estimate of drug-likeness (QED) is 0.416. The van der Waals surface area contributed by atoms with Gasteiger partial charge in [0.2, 0.25) is 5.91 Å². The second kappa shape index (κ2) is 11.5. The lowest BCUT2D eigenvalue weighted by molar-refractivity contribution is -0.130. The number of amides is 2. The molecule has 5 nitrogen and oxygen atoms in total. The van der Waals surface area contributed by atoms with Crippen molar-refractivity contribution in [2.45, 2.75) is 32.1 Å². The highest BCUT2D eigenvalue weighted by molar-refractivity contribution is 9.10. The molecule has 32 heavy (non-hydrogen) atoms. The van der Waals surface area contributed by atoms with Crippen molar-refractivity contribution in [3.8, 4) is 5.75 Å². The van der Waals surface area contributed by atoms with E-state index in [0.717, 1.165) is 22.0 Å². The summed E-state index contributed by atoms with van der Waals surface area (Å²) in [4.78, 5) is 25.2. The minimum Gasteiger partial charge on any atom is -0.483 e. The van der Waals surface area contributed by atoms with E-state index in [1.54, 1.807) is 0 Å². The summed E-state index contributed by atoms with van der Waals surface area (Å²) in [6.45, 7) is 4.08. The van der Waals surface area contributed by atoms with E-state index in [4.69, 9.17) is 4.74 Å². The van der Waals surface area contributed by atoms with Gasteiger partial charge in [0.05, 0.1) is 10.4 Å². The Morgan fingerprint density at radius 2 is 1.47 bits per heavy atom. The van der Waals surface area contributed by atoms with E-state index in [2.05, 4.69) is 40.6 Å². The van der Waals surface area contributed by atoms with E-state index < -0.39 is 11.8 Å². The number of hydrazine groups is 1. The summed E-state index contributed by atoms with van der Waals surface area (Å²) in [5.74, 6) is -0.294. The lowest BCUT2D eigenvalue weighted by Gasteiger charge is -2.18. The molecule has 2 amide bonds. The third-order valence-electron chi connectivity index (χ3n) is 5.35. The van der Waals surface area contributed by atoms with Gasteiger partial charge in [0.1, 0.15) is 5.75 Å². The summed E-state index contributed by atoms with van der Waals surface area (Å²) in [6, 6.07) is 24.8. The van der Waals surface area contributed by atoms with Crippen LogP contribution in [0.3, 0.4) is 0 Å². The molecular weight excluding hydrogens is 468 g/mol. The molecule has 3 rings (SSSR count). The SMILES string of the molecule is CCC(C)c1ccc(OCC(=O)NNC(=O)C(c2ccccc2)c2ccccc2)c(Br)c1. The topological polar surface area (TPSA) is 67.4 Å². The highest BCUT2D eigenvalue weighted by Gasteiger charge is 2.23. The summed E-state index contributed by atoms with van der Waals surface area (Å²) in [6.07, 6.45) is 1.04. The van der Waals surface area contributed by atoms with Crippen molar-refractivity contribution in [1.82, 2.24) is 10.9 Å². The van der Waals surface area contributed by atoms with Crippen LogP contribution in [0, 0.1) is 0 Å². The average Bonchev–Trinajstić information content (AvgIpc) is 2.83. The molecule has 0 aliphatic carbocycles. The Morgan fingerprint density at radius 1 is 0.875 bits per heavy atom. The van der Waals surface area contributed by atoms with Crippen LogP contribution in [0.1, 0.15) is 48.8 Å². The monoisotopic (exact) mass is 494 g/mol. The van der Waals surface area contributed by atoms with Gasteiger partial charge in [-0.25, -0.2) is 0 Å². The van der Waals surface area contributed by atoms with Gasteiger partial charge in [-0.3, -0.25) is 20.4 Å². The molecule has 0 fully saturated rings. The van der Waals surface area contributed by atoms with Gasteiger partial charge in [0.25, 0.3) is 5.91 Å². The molecule has 0 radical (unpaired) electrons. The zero-order chi connectivity index (χ0) is 22.9. The molecule has 2 N–H and O–H groups in total. The molecule has 3 aromatic rings. The molecule has 3 aromatic carbocycles. The first-order valence-electron chi connectivity index (χ1n) is 10.6. The van der Waals surface area contributed by atoms with Crippen molar-refractivity contribution in [1.29, 1.82) is 0 Å². The van der Waals surface area contributed by atoms with E-state index in [9.17, 15) is 9.59 Å². The van der Waals surface area contributed by atoms with E-state index >= 15 is 0 Å². The van der Waals surface area contributed by atoms with Gasteiger partial charge in [0, 0.05) is 0 Å². The molecule has 0 saturated heterocycles. The Bertz CT molecular complexity index is 1000. The maximum absolute atomic E-state index is 12.9. The van der Waals surface area contributed by atoms with Gasteiger partial charge < -0.3 is 4.74 Å². The second-order valence-electron chi connectivity index (χ2n) is 7.58. The molecule has 0 bridgehead atoms. The number of benzene rings is 3. The molecule has 0 saturated carbocycles. The van der Waals surface area contributed by atoms with Gasteiger partial charge in [-0.05, 0) is 57.1 Å². The first-order valence-corrected chi connectivity index (χ1v) is 11.4. The fourth-order valence-electron chi connectivity index (χ4n) is 3.35. The number of halogens is 1. The molecular formula is C26H27BrN2O3. The van der Waals surface area contributed by atoms with Crippen LogP contribution in [0.15, 0.2) is 83.3 Å². The Morgan fingerprint density at radius 3 is 2.00 bits per heavy atom. The van der Waals surface area contributed by atoms with Crippen molar-refractivity contribution in [3.05, 3.63) is 100 Å². The third-order valence-corrected chi connectivity index (χ3v) is 5.97. The van der Waals surface area contributed by atoms with Crippen molar-refractivity contribution >= 4 is 27.7 Å². The second-order valence-corrected chi connectivity index (χ2v) is 8.43. The summed E-state index contributed by atoms with van der Waals surface area (Å²) in [7, 11) is 0. The van der Waals surface area contributed by atoms with Crippen molar-refractivity contribution < 1.29 is 14.3 Å². The van der Waals surface area contributed by atoms with Crippen molar-refractivity contribution in [3.63, 3.8) is 0 Å². The predicted molar refractivity (Wildman–Crippen MR) is 129 cm³/mol. The average molecular weight is 495 g/mol. The molecule has 1 atom stereocenters. The Labute approximate surface area is 197 Å². The van der Waals surface area contributed by atoms with Gasteiger partial charge in [-0.1, -0.05) is 80.6 Å². The van der Waals surface area contributed by atoms with Crippen LogP contribution in [-0.2, 0) is 9.59 Å². The predicted octanol–water partition coefficient (Wildman–Crippen LogP) is 5.32. The van der Waals surface area contributed by atoms with Crippen LogP contribution in [0.2, 0.25) is 0 Å². The van der Waals surface area contributed by atoms with Crippen LogP contribution < -0.4 is 15.6 Å². The van der Waals surface area contributed by atoms with Crippen LogP contribution in [0.5, 0.6) is 5.75 Å². The van der Waals surface area contributed by atoms with Crippen LogP contribution in [0.4, 0.5) is 0 Å². The fraction of sp³-hybridized carbons (Fsp3) is 0.231. The van der Waals surface area contributed by atoms with E-state index in [1.807, 2.05) is 78.9 Å². The molecule has 0 aromatic heterocycles. The first-order chi connectivity index (χ1) is 15.5. The smallest absolute Gasteiger partial charge is 0.276 e. The largest absolute Gasteiger partial charge is 0.483 e. The normalized spacial score (nSPS) is 11.6. The van der Waals surface area contributed by atoms with Gasteiger partial charge in [-0.15, -0.1) is 0 Å². The summed E-state index contributed by atoms with van der Waals surface area (Å²) >= 11 is 3.50. The van der Waals surface area contributed by atoms with E-state index in [1.165, 1.54) is 5.56 Å². The molecule has 0 spiro atoms. The number of rotatable bonds is 8. The fourth-order valence-corrected chi connectivity index (χ4v) is 3.86. The summed E-state index contributed by atoms with van der Waals surface area (Å²) < 4.78 is 6.41. The molecule has 0 aliphatic rings. The van der Waals surface area contributed by atoms with Gasteiger partial charge in [0.15, 0.2) is 6.61 Å². The number of carbonyl (C=O) groups excluding carboxylic acids is 2. The molecule has 0 heterocycles. The Hall–Kier alpha value is -3.12. The van der Waals surface area contributed by atoms with Gasteiger partial charge in [-0.2, -0.15) is 0 Å². The molecule has 1 unspecified atom stereocenters. The number of carbonyl (C=O) groups is 2. The minimum atomic E-state index is -0.541. The van der Waals surface area contributed by atoms with E-state index in [0.29, 0.717) is 11.7 Å². The van der Waals surface area contributed by atoms with Crippen molar-refractivity contribution in [2.24, 2.45) is 0 Å².